The molecule has 1 amide bonds. The van der Waals surface area contributed by atoms with E-state index >= 15 is 0 Å². The lowest BCUT2D eigenvalue weighted by atomic mass is 9.81. The Kier molecular flexibility index (Phi) is 5.43. The van der Waals surface area contributed by atoms with Gasteiger partial charge in [-0.3, -0.25) is 4.79 Å². The lowest BCUT2D eigenvalue weighted by molar-refractivity contribution is -0.145. The molecule has 148 valence electrons. The molecule has 0 aromatic heterocycles. The summed E-state index contributed by atoms with van der Waals surface area (Å²) < 4.78 is 32.9. The van der Waals surface area contributed by atoms with Gasteiger partial charge in [0.05, 0.1) is 7.11 Å². The monoisotopic (exact) mass is 396 g/mol. The molecule has 0 radical (unpaired) electrons. The quantitative estimate of drug-likeness (QED) is 0.644. The van der Waals surface area contributed by atoms with Gasteiger partial charge in [-0.1, -0.05) is 19.3 Å². The van der Waals surface area contributed by atoms with Crippen LogP contribution in [0, 0.1) is 0 Å². The molecule has 2 fully saturated rings. The third-order valence-corrected chi connectivity index (χ3v) is 6.63. The fourth-order valence-electron chi connectivity index (χ4n) is 3.35. The van der Waals surface area contributed by atoms with Crippen molar-refractivity contribution in [2.45, 2.75) is 61.4 Å². The van der Waals surface area contributed by atoms with E-state index in [1.807, 2.05) is 0 Å². The summed E-state index contributed by atoms with van der Waals surface area (Å²) in [5.41, 5.74) is -1.22. The summed E-state index contributed by atoms with van der Waals surface area (Å²) in [4.78, 5) is 24.3. The normalized spacial score (nSPS) is 19.3. The fourth-order valence-corrected chi connectivity index (χ4v) is 4.85. The van der Waals surface area contributed by atoms with Gasteiger partial charge in [-0.25, -0.2) is 17.9 Å². The van der Waals surface area contributed by atoms with Crippen LogP contribution in [0.3, 0.4) is 0 Å². The van der Waals surface area contributed by atoms with Crippen LogP contribution >= 0.6 is 0 Å². The second-order valence-corrected chi connectivity index (χ2v) is 8.85. The van der Waals surface area contributed by atoms with Crippen LogP contribution in [0.1, 0.15) is 55.3 Å². The van der Waals surface area contributed by atoms with Crippen LogP contribution in [0.25, 0.3) is 0 Å². The second-order valence-electron chi connectivity index (χ2n) is 7.16. The number of rotatable bonds is 7. The van der Waals surface area contributed by atoms with Crippen molar-refractivity contribution in [2.24, 2.45) is 0 Å². The summed E-state index contributed by atoms with van der Waals surface area (Å²) in [5.74, 6) is -1.54. The zero-order valence-electron chi connectivity index (χ0n) is 15.2. The predicted octanol–water partition coefficient (Wildman–Crippen LogP) is 1.65. The number of sulfonamides is 1. The number of benzene rings is 1. The molecule has 1 aromatic rings. The maximum atomic E-state index is 12.7. The van der Waals surface area contributed by atoms with Crippen LogP contribution in [0.5, 0.6) is 5.75 Å². The van der Waals surface area contributed by atoms with E-state index in [2.05, 4.69) is 10.0 Å². The van der Waals surface area contributed by atoms with Crippen LogP contribution in [0.2, 0.25) is 0 Å². The molecule has 27 heavy (non-hydrogen) atoms. The van der Waals surface area contributed by atoms with Gasteiger partial charge in [0.25, 0.3) is 5.91 Å². The number of carbonyl (C=O) groups excluding carboxylic acids is 1. The first kappa shape index (κ1) is 19.6. The number of aliphatic carboxylic acids is 1. The summed E-state index contributed by atoms with van der Waals surface area (Å²) in [6.07, 6.45) is 4.66. The SMILES string of the molecule is COc1ccc(C(=O)NC2(C(=O)O)CCCCC2)cc1S(=O)(=O)NC1CC1. The van der Waals surface area contributed by atoms with E-state index in [1.54, 1.807) is 0 Å². The van der Waals surface area contributed by atoms with E-state index in [0.717, 1.165) is 32.1 Å². The molecule has 0 aliphatic heterocycles. The largest absolute Gasteiger partial charge is 0.495 e. The van der Waals surface area contributed by atoms with E-state index in [9.17, 15) is 23.1 Å². The van der Waals surface area contributed by atoms with Gasteiger partial charge in [0.15, 0.2) is 0 Å². The predicted molar refractivity (Wildman–Crippen MR) is 97.3 cm³/mol. The molecule has 2 saturated carbocycles. The van der Waals surface area contributed by atoms with Gasteiger partial charge in [-0.05, 0) is 43.9 Å². The first-order chi connectivity index (χ1) is 12.8. The molecular formula is C18H24N2O6S. The number of nitrogens with one attached hydrogen (secondary N) is 2. The average molecular weight is 396 g/mol. The van der Waals surface area contributed by atoms with E-state index < -0.39 is 27.4 Å². The number of carboxylic acid groups (broad SMARTS) is 1. The highest BCUT2D eigenvalue weighted by Crippen LogP contribution is 2.31. The number of amides is 1. The lowest BCUT2D eigenvalue weighted by Gasteiger charge is -2.34. The molecule has 3 N–H and O–H groups in total. The number of carboxylic acids is 1. The van der Waals surface area contributed by atoms with E-state index in [4.69, 9.17) is 4.74 Å². The van der Waals surface area contributed by atoms with Crippen molar-refractivity contribution in [2.75, 3.05) is 7.11 Å². The number of ether oxygens (including phenoxy) is 1. The topological polar surface area (TPSA) is 122 Å². The molecule has 0 unspecified atom stereocenters. The highest BCUT2D eigenvalue weighted by Gasteiger charge is 2.41. The second kappa shape index (κ2) is 7.47. The summed E-state index contributed by atoms with van der Waals surface area (Å²) in [7, 11) is -2.48. The number of carbonyl (C=O) groups is 2. The molecular weight excluding hydrogens is 372 g/mol. The minimum absolute atomic E-state index is 0.0816. The minimum atomic E-state index is -3.83. The number of hydrogen-bond donors (Lipinski definition) is 3. The highest BCUT2D eigenvalue weighted by molar-refractivity contribution is 7.89. The van der Waals surface area contributed by atoms with Crippen molar-refractivity contribution in [3.05, 3.63) is 23.8 Å². The maximum absolute atomic E-state index is 12.7. The summed E-state index contributed by atoms with van der Waals surface area (Å²) >= 11 is 0. The molecule has 3 rings (SSSR count). The molecule has 0 heterocycles. The molecule has 2 aliphatic carbocycles. The Morgan fingerprint density at radius 2 is 1.85 bits per heavy atom. The third-order valence-electron chi connectivity index (χ3n) is 5.08. The Morgan fingerprint density at radius 1 is 1.19 bits per heavy atom. The molecule has 1 aromatic carbocycles. The van der Waals surface area contributed by atoms with Gasteiger partial charge in [0.1, 0.15) is 16.2 Å². The molecule has 0 bridgehead atoms. The zero-order valence-corrected chi connectivity index (χ0v) is 16.0. The Bertz CT molecular complexity index is 841. The van der Waals surface area contributed by atoms with Gasteiger partial charge in [-0.15, -0.1) is 0 Å². The van der Waals surface area contributed by atoms with Crippen LogP contribution in [-0.2, 0) is 14.8 Å². The molecule has 8 nitrogen and oxygen atoms in total. The average Bonchev–Trinajstić information content (AvgIpc) is 3.45. The van der Waals surface area contributed by atoms with Crippen molar-refractivity contribution in [1.29, 1.82) is 0 Å². The first-order valence-electron chi connectivity index (χ1n) is 9.04. The molecule has 0 saturated heterocycles. The minimum Gasteiger partial charge on any atom is -0.495 e. The summed E-state index contributed by atoms with van der Waals surface area (Å²) in [5, 5.41) is 12.2. The van der Waals surface area contributed by atoms with E-state index in [1.165, 1.54) is 25.3 Å². The van der Waals surface area contributed by atoms with Crippen molar-refractivity contribution in [1.82, 2.24) is 10.0 Å². The molecule has 2 aliphatic rings. The molecule has 9 heteroatoms. The highest BCUT2D eigenvalue weighted by atomic mass is 32.2. The van der Waals surface area contributed by atoms with Gasteiger partial charge in [-0.2, -0.15) is 0 Å². The van der Waals surface area contributed by atoms with Gasteiger partial charge < -0.3 is 15.2 Å². The van der Waals surface area contributed by atoms with Gasteiger partial charge >= 0.3 is 5.97 Å². The van der Waals surface area contributed by atoms with Crippen LogP contribution in [0.4, 0.5) is 0 Å². The third kappa shape index (κ3) is 4.24. The van der Waals surface area contributed by atoms with Gasteiger partial charge in [0.2, 0.25) is 10.0 Å². The summed E-state index contributed by atoms with van der Waals surface area (Å²) in [6, 6.07) is 3.99. The van der Waals surface area contributed by atoms with Crippen molar-refractivity contribution in [3.8, 4) is 5.75 Å². The Hall–Kier alpha value is -2.13. The maximum Gasteiger partial charge on any atom is 0.329 e. The van der Waals surface area contributed by atoms with Crippen LogP contribution in [-0.4, -0.2) is 44.1 Å². The zero-order chi connectivity index (χ0) is 19.7. The fraction of sp³-hybridized carbons (Fsp3) is 0.556. The van der Waals surface area contributed by atoms with Crippen molar-refractivity contribution >= 4 is 21.9 Å². The van der Waals surface area contributed by atoms with Gasteiger partial charge in [0, 0.05) is 11.6 Å². The Morgan fingerprint density at radius 3 is 2.41 bits per heavy atom. The Balaban J connectivity index is 1.88. The van der Waals surface area contributed by atoms with Crippen molar-refractivity contribution < 1.29 is 27.9 Å². The van der Waals surface area contributed by atoms with E-state index in [0.29, 0.717) is 12.8 Å². The van der Waals surface area contributed by atoms with Crippen LogP contribution in [0.15, 0.2) is 23.1 Å². The van der Waals surface area contributed by atoms with Crippen LogP contribution < -0.4 is 14.8 Å². The van der Waals surface area contributed by atoms with E-state index in [-0.39, 0.29) is 22.3 Å². The standard InChI is InChI=1S/C18H24N2O6S/c1-26-14-8-5-12(11-15(14)27(24,25)20-13-6-7-13)16(21)19-18(17(22)23)9-3-2-4-10-18/h5,8,11,13,20H,2-4,6-7,9-10H2,1H3,(H,19,21)(H,22,23). The Labute approximate surface area is 158 Å². The number of methoxy groups -OCH3 is 1. The lowest BCUT2D eigenvalue weighted by Crippen LogP contribution is -2.55. The first-order valence-corrected chi connectivity index (χ1v) is 10.5. The number of hydrogen-bond acceptors (Lipinski definition) is 5. The summed E-state index contributed by atoms with van der Waals surface area (Å²) in [6.45, 7) is 0. The van der Waals surface area contributed by atoms with Crippen molar-refractivity contribution in [3.63, 3.8) is 0 Å². The smallest absolute Gasteiger partial charge is 0.329 e. The molecule has 0 atom stereocenters. The molecule has 0 spiro atoms.